The number of hydrogen-bond donors (Lipinski definition) is 0. The van der Waals surface area contributed by atoms with Crippen molar-refractivity contribution < 1.29 is 22.7 Å². The second kappa shape index (κ2) is 5.44. The molecular formula is C14H18O5S. The highest BCUT2D eigenvalue weighted by molar-refractivity contribution is 7.93. The van der Waals surface area contributed by atoms with Gasteiger partial charge in [0.1, 0.15) is 5.75 Å². The minimum absolute atomic E-state index is 0.177. The third-order valence-electron chi connectivity index (χ3n) is 3.60. The van der Waals surface area contributed by atoms with Crippen molar-refractivity contribution in [3.05, 3.63) is 24.3 Å². The second-order valence-electron chi connectivity index (χ2n) is 4.80. The third kappa shape index (κ3) is 2.65. The highest BCUT2D eigenvalue weighted by Gasteiger charge is 2.53. The van der Waals surface area contributed by atoms with Crippen LogP contribution >= 0.6 is 0 Å². The van der Waals surface area contributed by atoms with Crippen LogP contribution in [0.3, 0.4) is 0 Å². The number of rotatable bonds is 5. The normalized spacial score (nSPS) is 16.5. The van der Waals surface area contributed by atoms with Crippen molar-refractivity contribution in [2.45, 2.75) is 42.8 Å². The first-order valence-corrected chi connectivity index (χ1v) is 8.13. The molecule has 5 nitrogen and oxygen atoms in total. The summed E-state index contributed by atoms with van der Waals surface area (Å²) in [5, 5.41) is 0. The SMILES string of the molecule is CCOC(=O)Oc1cccc(S(=O)(=O)C2(CC)CC2)c1. The molecule has 2 rings (SSSR count). The maximum absolute atomic E-state index is 12.5. The molecule has 0 radical (unpaired) electrons. The van der Waals surface area contributed by atoms with Crippen LogP contribution in [-0.2, 0) is 14.6 Å². The standard InChI is InChI=1S/C14H18O5S/c1-3-14(8-9-14)20(16,17)12-7-5-6-11(10-12)19-13(15)18-4-2/h5-7,10H,3-4,8-9H2,1-2H3. The molecule has 1 aromatic carbocycles. The monoisotopic (exact) mass is 298 g/mol. The van der Waals surface area contributed by atoms with E-state index in [0.29, 0.717) is 19.3 Å². The van der Waals surface area contributed by atoms with Gasteiger partial charge in [-0.15, -0.1) is 0 Å². The molecule has 1 saturated carbocycles. The van der Waals surface area contributed by atoms with Crippen LogP contribution in [-0.4, -0.2) is 25.9 Å². The van der Waals surface area contributed by atoms with Crippen molar-refractivity contribution in [1.82, 2.24) is 0 Å². The van der Waals surface area contributed by atoms with E-state index in [1.807, 2.05) is 6.92 Å². The van der Waals surface area contributed by atoms with Crippen LogP contribution in [0.25, 0.3) is 0 Å². The van der Waals surface area contributed by atoms with Crippen LogP contribution in [0.1, 0.15) is 33.1 Å². The molecule has 0 heterocycles. The summed E-state index contributed by atoms with van der Waals surface area (Å²) in [4.78, 5) is 11.4. The summed E-state index contributed by atoms with van der Waals surface area (Å²) in [7, 11) is -3.38. The molecule has 20 heavy (non-hydrogen) atoms. The average molecular weight is 298 g/mol. The van der Waals surface area contributed by atoms with Gasteiger partial charge >= 0.3 is 6.16 Å². The number of sulfone groups is 1. The van der Waals surface area contributed by atoms with Gasteiger partial charge in [0.2, 0.25) is 0 Å². The molecule has 0 bridgehead atoms. The fraction of sp³-hybridized carbons (Fsp3) is 0.500. The van der Waals surface area contributed by atoms with Crippen LogP contribution in [0.4, 0.5) is 4.79 Å². The maximum atomic E-state index is 12.5. The Morgan fingerprint density at radius 1 is 1.30 bits per heavy atom. The Bertz CT molecular complexity index is 602. The highest BCUT2D eigenvalue weighted by Crippen LogP contribution is 2.49. The van der Waals surface area contributed by atoms with Crippen molar-refractivity contribution in [1.29, 1.82) is 0 Å². The zero-order valence-corrected chi connectivity index (χ0v) is 12.4. The Morgan fingerprint density at radius 3 is 2.55 bits per heavy atom. The molecular weight excluding hydrogens is 280 g/mol. The van der Waals surface area contributed by atoms with Crippen molar-refractivity contribution in [2.75, 3.05) is 6.61 Å². The van der Waals surface area contributed by atoms with E-state index in [9.17, 15) is 13.2 Å². The molecule has 6 heteroatoms. The molecule has 1 aromatic rings. The van der Waals surface area contributed by atoms with E-state index in [4.69, 9.17) is 4.74 Å². The molecule has 0 saturated heterocycles. The summed E-state index contributed by atoms with van der Waals surface area (Å²) >= 11 is 0. The minimum Gasteiger partial charge on any atom is -0.434 e. The van der Waals surface area contributed by atoms with Gasteiger partial charge < -0.3 is 9.47 Å². The number of benzene rings is 1. The summed E-state index contributed by atoms with van der Waals surface area (Å²) in [5.41, 5.74) is 0. The maximum Gasteiger partial charge on any atom is 0.513 e. The van der Waals surface area contributed by atoms with Gasteiger partial charge in [0.25, 0.3) is 0 Å². The van der Waals surface area contributed by atoms with Gasteiger partial charge in [-0.1, -0.05) is 13.0 Å². The molecule has 0 unspecified atom stereocenters. The zero-order valence-electron chi connectivity index (χ0n) is 11.6. The highest BCUT2D eigenvalue weighted by atomic mass is 32.2. The first-order valence-electron chi connectivity index (χ1n) is 6.64. The molecule has 0 aliphatic heterocycles. The van der Waals surface area contributed by atoms with Crippen LogP contribution in [0, 0.1) is 0 Å². The molecule has 0 aromatic heterocycles. The lowest BCUT2D eigenvalue weighted by Gasteiger charge is -2.14. The molecule has 0 atom stereocenters. The van der Waals surface area contributed by atoms with E-state index >= 15 is 0 Å². The van der Waals surface area contributed by atoms with E-state index < -0.39 is 20.7 Å². The van der Waals surface area contributed by atoms with Crippen LogP contribution in [0.15, 0.2) is 29.2 Å². The predicted molar refractivity (Wildman–Crippen MR) is 73.5 cm³/mol. The van der Waals surface area contributed by atoms with Gasteiger partial charge in [-0.3, -0.25) is 0 Å². The molecule has 110 valence electrons. The largest absolute Gasteiger partial charge is 0.513 e. The predicted octanol–water partition coefficient (Wildman–Crippen LogP) is 2.94. The number of carbonyl (C=O) groups excluding carboxylic acids is 1. The topological polar surface area (TPSA) is 69.7 Å². The first-order chi connectivity index (χ1) is 9.45. The molecule has 1 fully saturated rings. The number of ether oxygens (including phenoxy) is 2. The summed E-state index contributed by atoms with van der Waals surface area (Å²) in [6.45, 7) is 3.75. The van der Waals surface area contributed by atoms with Crippen LogP contribution in [0.5, 0.6) is 5.75 Å². The van der Waals surface area contributed by atoms with Gasteiger partial charge in [0, 0.05) is 0 Å². The average Bonchev–Trinajstić information content (AvgIpc) is 3.20. The molecule has 1 aliphatic carbocycles. The van der Waals surface area contributed by atoms with Gasteiger partial charge in [0.15, 0.2) is 9.84 Å². The summed E-state index contributed by atoms with van der Waals surface area (Å²) in [5.74, 6) is 0.177. The number of carbonyl (C=O) groups is 1. The van der Waals surface area contributed by atoms with E-state index in [1.165, 1.54) is 18.2 Å². The quantitative estimate of drug-likeness (QED) is 0.617. The Kier molecular flexibility index (Phi) is 4.04. The van der Waals surface area contributed by atoms with Crippen LogP contribution < -0.4 is 4.74 Å². The zero-order chi connectivity index (χ0) is 14.8. The molecule has 0 N–H and O–H groups in total. The smallest absolute Gasteiger partial charge is 0.434 e. The number of hydrogen-bond acceptors (Lipinski definition) is 5. The molecule has 1 aliphatic rings. The van der Waals surface area contributed by atoms with E-state index in [2.05, 4.69) is 4.74 Å². The van der Waals surface area contributed by atoms with Gasteiger partial charge in [-0.25, -0.2) is 13.2 Å². The summed E-state index contributed by atoms with van der Waals surface area (Å²) < 4.78 is 34.0. The lowest BCUT2D eigenvalue weighted by molar-refractivity contribution is 0.104. The Labute approximate surface area is 118 Å². The molecule has 0 amide bonds. The summed E-state index contributed by atoms with van der Waals surface area (Å²) in [6.07, 6.45) is 1.14. The van der Waals surface area contributed by atoms with Gasteiger partial charge in [-0.2, -0.15) is 0 Å². The fourth-order valence-electron chi connectivity index (χ4n) is 2.15. The van der Waals surface area contributed by atoms with Crippen molar-refractivity contribution in [2.24, 2.45) is 0 Å². The van der Waals surface area contributed by atoms with E-state index in [1.54, 1.807) is 13.0 Å². The Hall–Kier alpha value is -1.56. The molecule has 0 spiro atoms. The lowest BCUT2D eigenvalue weighted by atomic mass is 10.3. The van der Waals surface area contributed by atoms with Crippen molar-refractivity contribution >= 4 is 16.0 Å². The first kappa shape index (κ1) is 14.8. The Balaban J connectivity index is 2.24. The van der Waals surface area contributed by atoms with Crippen molar-refractivity contribution in [3.63, 3.8) is 0 Å². The van der Waals surface area contributed by atoms with E-state index in [0.717, 1.165) is 0 Å². The van der Waals surface area contributed by atoms with E-state index in [-0.39, 0.29) is 17.3 Å². The van der Waals surface area contributed by atoms with Gasteiger partial charge in [0.05, 0.1) is 16.2 Å². The van der Waals surface area contributed by atoms with Crippen LogP contribution in [0.2, 0.25) is 0 Å². The fourth-order valence-corrected chi connectivity index (χ4v) is 4.20. The third-order valence-corrected chi connectivity index (χ3v) is 6.31. The second-order valence-corrected chi connectivity index (χ2v) is 7.14. The van der Waals surface area contributed by atoms with Gasteiger partial charge in [-0.05, 0) is 44.4 Å². The Morgan fingerprint density at radius 2 is 2.00 bits per heavy atom. The van der Waals surface area contributed by atoms with Crippen molar-refractivity contribution in [3.8, 4) is 5.75 Å². The lowest BCUT2D eigenvalue weighted by Crippen LogP contribution is -2.22. The summed E-state index contributed by atoms with van der Waals surface area (Å²) in [6, 6.07) is 6.00. The minimum atomic E-state index is -3.38.